The van der Waals surface area contributed by atoms with Gasteiger partial charge < -0.3 is 0 Å². The zero-order valence-corrected chi connectivity index (χ0v) is 8.08. The molecule has 0 saturated heterocycles. The lowest BCUT2D eigenvalue weighted by Crippen LogP contribution is -1.82. The first-order valence-electron chi connectivity index (χ1n) is 4.48. The molecule has 0 radical (unpaired) electrons. The van der Waals surface area contributed by atoms with Crippen molar-refractivity contribution in [2.45, 2.75) is 20.3 Å². The van der Waals surface area contributed by atoms with Gasteiger partial charge in [0.05, 0.1) is 0 Å². The molecule has 1 heteroatoms. The number of hydrogen-bond acceptors (Lipinski definition) is 1. The fourth-order valence-electron chi connectivity index (χ4n) is 1.19. The van der Waals surface area contributed by atoms with E-state index in [2.05, 4.69) is 6.07 Å². The highest BCUT2D eigenvalue weighted by Gasteiger charge is 1.92. The average Bonchev–Trinajstić information content (AvgIpc) is 2.14. The molecule has 1 aromatic carbocycles. The lowest BCUT2D eigenvalue weighted by Gasteiger charge is -1.97. The van der Waals surface area contributed by atoms with Crippen LogP contribution in [0.2, 0.25) is 0 Å². The Morgan fingerprint density at radius 2 is 2.23 bits per heavy atom. The van der Waals surface area contributed by atoms with Gasteiger partial charge in [0.25, 0.3) is 0 Å². The molecule has 0 fully saturated rings. The summed E-state index contributed by atoms with van der Waals surface area (Å²) in [5.74, 6) is 0. The third-order valence-corrected chi connectivity index (χ3v) is 1.95. The van der Waals surface area contributed by atoms with Crippen LogP contribution in [-0.4, -0.2) is 6.29 Å². The van der Waals surface area contributed by atoms with Gasteiger partial charge in [-0.3, -0.25) is 4.79 Å². The van der Waals surface area contributed by atoms with Crippen LogP contribution in [0.5, 0.6) is 0 Å². The summed E-state index contributed by atoms with van der Waals surface area (Å²) in [6.45, 7) is 4.03. The number of aldehydes is 1. The van der Waals surface area contributed by atoms with Crippen LogP contribution < -0.4 is 0 Å². The molecule has 13 heavy (non-hydrogen) atoms. The summed E-state index contributed by atoms with van der Waals surface area (Å²) in [6.07, 6.45) is 3.64. The lowest BCUT2D eigenvalue weighted by molar-refractivity contribution is -0.104. The summed E-state index contributed by atoms with van der Waals surface area (Å²) in [4.78, 5) is 10.6. The van der Waals surface area contributed by atoms with Crippen LogP contribution in [0.3, 0.4) is 0 Å². The molecule has 0 unspecified atom stereocenters. The Bertz CT molecular complexity index is 324. The molecule has 0 saturated carbocycles. The van der Waals surface area contributed by atoms with Gasteiger partial charge in [-0.2, -0.15) is 0 Å². The highest BCUT2D eigenvalue weighted by atomic mass is 16.1. The normalized spacial score (nSPS) is 11.4. The van der Waals surface area contributed by atoms with E-state index in [1.807, 2.05) is 38.1 Å². The zero-order valence-electron chi connectivity index (χ0n) is 8.08. The van der Waals surface area contributed by atoms with Crippen LogP contribution in [0.1, 0.15) is 24.5 Å². The van der Waals surface area contributed by atoms with Crippen molar-refractivity contribution in [2.24, 2.45) is 0 Å². The minimum Gasteiger partial charge on any atom is -0.298 e. The third-order valence-electron chi connectivity index (χ3n) is 1.95. The maximum Gasteiger partial charge on any atom is 0.146 e. The molecule has 0 amide bonds. The van der Waals surface area contributed by atoms with Crippen LogP contribution in [0, 0.1) is 6.92 Å². The molecule has 0 aliphatic rings. The van der Waals surface area contributed by atoms with Crippen molar-refractivity contribution in [3.05, 3.63) is 41.0 Å². The molecule has 1 nitrogen and oxygen atoms in total. The summed E-state index contributed by atoms with van der Waals surface area (Å²) in [5, 5.41) is 0. The summed E-state index contributed by atoms with van der Waals surface area (Å²) in [6, 6.07) is 8.12. The molecule has 0 heterocycles. The zero-order chi connectivity index (χ0) is 9.68. The number of rotatable bonds is 3. The monoisotopic (exact) mass is 174 g/mol. The minimum atomic E-state index is 0.789. The van der Waals surface area contributed by atoms with Gasteiger partial charge in [0.1, 0.15) is 6.29 Å². The molecule has 0 N–H and O–H groups in total. The second-order valence-electron chi connectivity index (χ2n) is 3.10. The molecule has 68 valence electrons. The Morgan fingerprint density at radius 1 is 1.46 bits per heavy atom. The molecule has 0 aliphatic heterocycles. The Morgan fingerprint density at radius 3 is 2.77 bits per heavy atom. The first-order chi connectivity index (χ1) is 6.26. The maximum absolute atomic E-state index is 10.6. The number of hydrogen-bond donors (Lipinski definition) is 0. The van der Waals surface area contributed by atoms with Gasteiger partial charge in [-0.1, -0.05) is 36.8 Å². The second-order valence-corrected chi connectivity index (χ2v) is 3.10. The molecule has 1 aromatic rings. The van der Waals surface area contributed by atoms with E-state index in [1.54, 1.807) is 0 Å². The quantitative estimate of drug-likeness (QED) is 0.508. The maximum atomic E-state index is 10.6. The summed E-state index contributed by atoms with van der Waals surface area (Å²) in [5.41, 5.74) is 3.16. The Labute approximate surface area is 79.1 Å². The molecular weight excluding hydrogens is 160 g/mol. The van der Waals surface area contributed by atoms with Gasteiger partial charge in [-0.05, 0) is 30.6 Å². The van der Waals surface area contributed by atoms with E-state index in [1.165, 1.54) is 5.56 Å². The van der Waals surface area contributed by atoms with E-state index in [4.69, 9.17) is 0 Å². The number of allylic oxidation sites excluding steroid dienone is 1. The van der Waals surface area contributed by atoms with E-state index in [-0.39, 0.29) is 0 Å². The van der Waals surface area contributed by atoms with Gasteiger partial charge in [0.2, 0.25) is 0 Å². The van der Waals surface area contributed by atoms with Crippen molar-refractivity contribution in [1.82, 2.24) is 0 Å². The first-order valence-corrected chi connectivity index (χ1v) is 4.48. The molecular formula is C12H14O. The van der Waals surface area contributed by atoms with E-state index in [9.17, 15) is 4.79 Å². The molecule has 1 rings (SSSR count). The van der Waals surface area contributed by atoms with E-state index >= 15 is 0 Å². The van der Waals surface area contributed by atoms with Crippen LogP contribution in [0.4, 0.5) is 0 Å². The minimum absolute atomic E-state index is 0.789. The number of aryl methyl sites for hydroxylation is 1. The molecule has 0 aromatic heterocycles. The molecule has 0 aliphatic carbocycles. The van der Waals surface area contributed by atoms with Crippen molar-refractivity contribution < 1.29 is 4.79 Å². The van der Waals surface area contributed by atoms with Gasteiger partial charge in [0, 0.05) is 0 Å². The number of carbonyl (C=O) groups excluding carboxylic acids is 1. The highest BCUT2D eigenvalue weighted by molar-refractivity contribution is 5.81. The average molecular weight is 174 g/mol. The van der Waals surface area contributed by atoms with Crippen molar-refractivity contribution >= 4 is 12.4 Å². The van der Waals surface area contributed by atoms with Gasteiger partial charge in [-0.25, -0.2) is 0 Å². The predicted octanol–water partition coefficient (Wildman–Crippen LogP) is 2.99. The smallest absolute Gasteiger partial charge is 0.146 e. The van der Waals surface area contributed by atoms with Gasteiger partial charge >= 0.3 is 0 Å². The highest BCUT2D eigenvalue weighted by Crippen LogP contribution is 2.09. The van der Waals surface area contributed by atoms with Crippen molar-refractivity contribution in [3.63, 3.8) is 0 Å². The Hall–Kier alpha value is -1.37. The number of benzene rings is 1. The SMILES string of the molecule is CCC(C=O)=Cc1cccc(C)c1. The van der Waals surface area contributed by atoms with Crippen LogP contribution in [0.15, 0.2) is 29.8 Å². The fourth-order valence-corrected chi connectivity index (χ4v) is 1.19. The lowest BCUT2D eigenvalue weighted by atomic mass is 10.1. The largest absolute Gasteiger partial charge is 0.298 e. The van der Waals surface area contributed by atoms with E-state index < -0.39 is 0 Å². The summed E-state index contributed by atoms with van der Waals surface area (Å²) < 4.78 is 0. The van der Waals surface area contributed by atoms with Crippen LogP contribution in [0.25, 0.3) is 6.08 Å². The Balaban J connectivity index is 2.95. The summed E-state index contributed by atoms with van der Waals surface area (Å²) in [7, 11) is 0. The molecule has 0 bridgehead atoms. The standard InChI is InChI=1S/C12H14O/c1-3-11(9-13)8-12-6-4-5-10(2)7-12/h4-9H,3H2,1-2H3. The first kappa shape index (κ1) is 9.72. The molecule has 0 atom stereocenters. The number of carbonyl (C=O) groups is 1. The van der Waals surface area contributed by atoms with Gasteiger partial charge in [0.15, 0.2) is 0 Å². The van der Waals surface area contributed by atoms with Crippen LogP contribution in [-0.2, 0) is 4.79 Å². The topological polar surface area (TPSA) is 17.1 Å². The van der Waals surface area contributed by atoms with E-state index in [0.29, 0.717) is 0 Å². The predicted molar refractivity (Wildman–Crippen MR) is 55.5 cm³/mol. The van der Waals surface area contributed by atoms with Gasteiger partial charge in [-0.15, -0.1) is 0 Å². The fraction of sp³-hybridized carbons (Fsp3) is 0.250. The summed E-state index contributed by atoms with van der Waals surface area (Å²) >= 11 is 0. The van der Waals surface area contributed by atoms with Crippen molar-refractivity contribution in [1.29, 1.82) is 0 Å². The van der Waals surface area contributed by atoms with Crippen LogP contribution >= 0.6 is 0 Å². The molecule has 0 spiro atoms. The van der Waals surface area contributed by atoms with Crippen molar-refractivity contribution in [2.75, 3.05) is 0 Å². The van der Waals surface area contributed by atoms with E-state index in [0.717, 1.165) is 23.8 Å². The van der Waals surface area contributed by atoms with Crippen molar-refractivity contribution in [3.8, 4) is 0 Å². The second kappa shape index (κ2) is 4.61. The third kappa shape index (κ3) is 2.86. The Kier molecular flexibility index (Phi) is 3.44.